The van der Waals surface area contributed by atoms with Crippen LogP contribution in [0.2, 0.25) is 0 Å². The lowest BCUT2D eigenvalue weighted by Crippen LogP contribution is -2.68. The number of halogens is 3. The highest BCUT2D eigenvalue weighted by Gasteiger charge is 2.52. The zero-order valence-electron chi connectivity index (χ0n) is 13.6. The zero-order valence-corrected chi connectivity index (χ0v) is 13.6. The molecule has 3 saturated carbocycles. The molecule has 1 amide bonds. The van der Waals surface area contributed by atoms with Crippen molar-refractivity contribution in [1.29, 1.82) is 0 Å². The topological polar surface area (TPSA) is 84.6 Å². The highest BCUT2D eigenvalue weighted by molar-refractivity contribution is 5.78. The van der Waals surface area contributed by atoms with Crippen molar-refractivity contribution in [3.8, 4) is 5.75 Å². The standard InChI is InChI=1S/C17H21F3N2O3/c18-12-2-1-10(7-11(12)15(19)20)25-9-14(24)22-16-3-5-17(21,6-4-16)13(23)8-16/h1-2,7,13,15,23H,3-6,8-9,21H2,(H,22,24). The molecule has 25 heavy (non-hydrogen) atoms. The number of hydrogen-bond donors (Lipinski definition) is 3. The summed E-state index contributed by atoms with van der Waals surface area (Å²) in [4.78, 5) is 12.2. The molecule has 3 fully saturated rings. The number of nitrogens with one attached hydrogen (secondary N) is 1. The number of fused-ring (bicyclic) bond motifs is 3. The maximum atomic E-state index is 13.2. The first kappa shape index (κ1) is 18.0. The average molecular weight is 358 g/mol. The van der Waals surface area contributed by atoms with Crippen LogP contribution < -0.4 is 15.8 Å². The Kier molecular flexibility index (Phi) is 4.68. The summed E-state index contributed by atoms with van der Waals surface area (Å²) in [6, 6.07) is 2.97. The molecular weight excluding hydrogens is 337 g/mol. The number of aliphatic hydroxyl groups is 1. The summed E-state index contributed by atoms with van der Waals surface area (Å²) in [7, 11) is 0. The smallest absolute Gasteiger partial charge is 0.266 e. The zero-order chi connectivity index (χ0) is 18.2. The highest BCUT2D eigenvalue weighted by Crippen LogP contribution is 2.45. The van der Waals surface area contributed by atoms with E-state index in [1.165, 1.54) is 6.07 Å². The van der Waals surface area contributed by atoms with Crippen molar-refractivity contribution >= 4 is 5.91 Å². The van der Waals surface area contributed by atoms with E-state index >= 15 is 0 Å². The lowest BCUT2D eigenvalue weighted by molar-refractivity contribution is -0.128. The number of amides is 1. The van der Waals surface area contributed by atoms with Gasteiger partial charge in [0.1, 0.15) is 11.6 Å². The lowest BCUT2D eigenvalue weighted by Gasteiger charge is -2.54. The Labute approximate surface area is 143 Å². The van der Waals surface area contributed by atoms with E-state index < -0.39 is 40.9 Å². The summed E-state index contributed by atoms with van der Waals surface area (Å²) in [5.74, 6) is -1.44. The molecule has 1 atom stereocenters. The SMILES string of the molecule is NC12CCC(NC(=O)COc3ccc(F)c(C(F)F)c3)(CC1)CC2O. The third-order valence-electron chi connectivity index (χ3n) is 5.36. The van der Waals surface area contributed by atoms with Crippen LogP contribution >= 0.6 is 0 Å². The molecule has 3 aliphatic carbocycles. The molecule has 1 aromatic rings. The van der Waals surface area contributed by atoms with E-state index in [1.807, 2.05) is 0 Å². The average Bonchev–Trinajstić information content (AvgIpc) is 2.56. The minimum absolute atomic E-state index is 0.00218. The second-order valence-corrected chi connectivity index (χ2v) is 7.05. The first-order chi connectivity index (χ1) is 11.7. The van der Waals surface area contributed by atoms with Gasteiger partial charge < -0.3 is 20.9 Å². The molecule has 0 saturated heterocycles. The van der Waals surface area contributed by atoms with Crippen molar-refractivity contribution in [1.82, 2.24) is 5.32 Å². The molecule has 5 nitrogen and oxygen atoms in total. The second kappa shape index (κ2) is 6.49. The third kappa shape index (κ3) is 3.59. The fourth-order valence-corrected chi connectivity index (χ4v) is 3.74. The summed E-state index contributed by atoms with van der Waals surface area (Å²) in [5, 5.41) is 13.0. The van der Waals surface area contributed by atoms with Gasteiger partial charge in [-0.2, -0.15) is 0 Å². The minimum Gasteiger partial charge on any atom is -0.484 e. The molecule has 3 aliphatic rings. The molecule has 4 N–H and O–H groups in total. The number of nitrogens with two attached hydrogens (primary N) is 1. The molecule has 1 aromatic carbocycles. The Balaban J connectivity index is 1.58. The summed E-state index contributed by atoms with van der Waals surface area (Å²) >= 11 is 0. The Hall–Kier alpha value is -1.80. The minimum atomic E-state index is -2.96. The number of hydrogen-bond acceptors (Lipinski definition) is 4. The van der Waals surface area contributed by atoms with Gasteiger partial charge in [-0.05, 0) is 50.3 Å². The van der Waals surface area contributed by atoms with Gasteiger partial charge in [0, 0.05) is 11.1 Å². The van der Waals surface area contributed by atoms with Crippen LogP contribution in [0.5, 0.6) is 5.75 Å². The maximum absolute atomic E-state index is 13.2. The molecule has 0 aromatic heterocycles. The van der Waals surface area contributed by atoms with Crippen LogP contribution in [-0.2, 0) is 4.79 Å². The van der Waals surface area contributed by atoms with E-state index in [0.717, 1.165) is 12.1 Å². The molecule has 2 bridgehead atoms. The van der Waals surface area contributed by atoms with Crippen LogP contribution in [0.3, 0.4) is 0 Å². The number of carbonyl (C=O) groups excluding carboxylic acids is 1. The molecule has 8 heteroatoms. The van der Waals surface area contributed by atoms with Gasteiger partial charge >= 0.3 is 0 Å². The van der Waals surface area contributed by atoms with E-state index in [0.29, 0.717) is 32.1 Å². The lowest BCUT2D eigenvalue weighted by atomic mass is 9.60. The van der Waals surface area contributed by atoms with Gasteiger partial charge in [-0.3, -0.25) is 4.79 Å². The largest absolute Gasteiger partial charge is 0.484 e. The molecule has 0 spiro atoms. The number of alkyl halides is 2. The summed E-state index contributed by atoms with van der Waals surface area (Å²) in [6.45, 7) is -0.375. The molecule has 138 valence electrons. The van der Waals surface area contributed by atoms with E-state index in [-0.39, 0.29) is 12.4 Å². The fraction of sp³-hybridized carbons (Fsp3) is 0.588. The molecule has 1 unspecified atom stereocenters. The molecule has 4 rings (SSSR count). The van der Waals surface area contributed by atoms with Gasteiger partial charge in [-0.15, -0.1) is 0 Å². The van der Waals surface area contributed by atoms with Crippen molar-refractivity contribution in [2.45, 2.75) is 55.7 Å². The predicted octanol–water partition coefficient (Wildman–Crippen LogP) is 2.03. The maximum Gasteiger partial charge on any atom is 0.266 e. The first-order valence-corrected chi connectivity index (χ1v) is 8.21. The summed E-state index contributed by atoms with van der Waals surface area (Å²) in [5.41, 5.74) is 4.30. The van der Waals surface area contributed by atoms with E-state index in [2.05, 4.69) is 5.32 Å². The van der Waals surface area contributed by atoms with Gasteiger partial charge in [0.25, 0.3) is 12.3 Å². The monoisotopic (exact) mass is 358 g/mol. The van der Waals surface area contributed by atoms with Crippen molar-refractivity contribution in [2.75, 3.05) is 6.61 Å². The molecular formula is C17H21F3N2O3. The Morgan fingerprint density at radius 2 is 2.04 bits per heavy atom. The van der Waals surface area contributed by atoms with Gasteiger partial charge in [0.2, 0.25) is 0 Å². The molecule has 0 heterocycles. The van der Waals surface area contributed by atoms with Gasteiger partial charge in [-0.25, -0.2) is 13.2 Å². The van der Waals surface area contributed by atoms with Crippen LogP contribution in [-0.4, -0.2) is 34.8 Å². The quantitative estimate of drug-likeness (QED) is 0.752. The highest BCUT2D eigenvalue weighted by atomic mass is 19.3. The number of carbonyl (C=O) groups is 1. The van der Waals surface area contributed by atoms with Crippen LogP contribution in [0.4, 0.5) is 13.2 Å². The number of aliphatic hydroxyl groups excluding tert-OH is 1. The van der Waals surface area contributed by atoms with E-state index in [9.17, 15) is 23.1 Å². The first-order valence-electron chi connectivity index (χ1n) is 8.21. The number of rotatable bonds is 5. The van der Waals surface area contributed by atoms with Crippen molar-refractivity contribution in [3.63, 3.8) is 0 Å². The van der Waals surface area contributed by atoms with Gasteiger partial charge in [0.05, 0.1) is 11.7 Å². The normalized spacial score (nSPS) is 31.2. The fourth-order valence-electron chi connectivity index (χ4n) is 3.74. The number of ether oxygens (including phenoxy) is 1. The third-order valence-corrected chi connectivity index (χ3v) is 5.36. The van der Waals surface area contributed by atoms with Crippen molar-refractivity contribution < 1.29 is 27.8 Å². The number of benzene rings is 1. The van der Waals surface area contributed by atoms with E-state index in [1.54, 1.807) is 0 Å². The Morgan fingerprint density at radius 3 is 2.64 bits per heavy atom. The van der Waals surface area contributed by atoms with Crippen molar-refractivity contribution in [2.24, 2.45) is 5.73 Å². The van der Waals surface area contributed by atoms with Gasteiger partial charge in [0.15, 0.2) is 6.61 Å². The molecule has 0 aliphatic heterocycles. The van der Waals surface area contributed by atoms with Gasteiger partial charge in [-0.1, -0.05) is 0 Å². The summed E-state index contributed by atoms with van der Waals surface area (Å²) in [6.07, 6.45) is -0.616. The summed E-state index contributed by atoms with van der Waals surface area (Å²) < 4.78 is 43.8. The van der Waals surface area contributed by atoms with E-state index in [4.69, 9.17) is 10.5 Å². The van der Waals surface area contributed by atoms with Crippen LogP contribution in [0.25, 0.3) is 0 Å². The molecule has 0 radical (unpaired) electrons. The van der Waals surface area contributed by atoms with Crippen LogP contribution in [0.15, 0.2) is 18.2 Å². The van der Waals surface area contributed by atoms with Crippen LogP contribution in [0.1, 0.15) is 44.1 Å². The Bertz CT molecular complexity index is 661. The predicted molar refractivity (Wildman–Crippen MR) is 83.7 cm³/mol. The Morgan fingerprint density at radius 1 is 1.36 bits per heavy atom. The van der Waals surface area contributed by atoms with Crippen LogP contribution in [0, 0.1) is 5.82 Å². The second-order valence-electron chi connectivity index (χ2n) is 7.05. The van der Waals surface area contributed by atoms with Crippen molar-refractivity contribution in [3.05, 3.63) is 29.6 Å².